The third-order valence-electron chi connectivity index (χ3n) is 2.47. The van der Waals surface area contributed by atoms with Gasteiger partial charge in [0.05, 0.1) is 0 Å². The molecule has 2 rings (SSSR count). The summed E-state index contributed by atoms with van der Waals surface area (Å²) in [5.74, 6) is 0. The second-order valence-corrected chi connectivity index (χ2v) is 6.31. The molecule has 0 nitrogen and oxygen atoms in total. The molecule has 2 aromatic carbocycles. The topological polar surface area (TPSA) is 0 Å². The number of halogens is 5. The molecule has 0 heterocycles. The van der Waals surface area contributed by atoms with Crippen molar-refractivity contribution in [3.63, 3.8) is 0 Å². The van der Waals surface area contributed by atoms with Gasteiger partial charge >= 0.3 is 0 Å². The van der Waals surface area contributed by atoms with Crippen molar-refractivity contribution in [1.82, 2.24) is 0 Å². The molecule has 0 aliphatic carbocycles. The summed E-state index contributed by atoms with van der Waals surface area (Å²) < 4.78 is -1.27. The van der Waals surface area contributed by atoms with Gasteiger partial charge in [-0.3, -0.25) is 0 Å². The fourth-order valence-corrected chi connectivity index (χ4v) is 2.77. The SMILES string of the molecule is Clc1ccc(C(Cl)(Cl)c2cc(Cl)ccc2Cl)cc1. The van der Waals surface area contributed by atoms with Crippen molar-refractivity contribution in [1.29, 1.82) is 0 Å². The molecule has 0 bridgehead atoms. The van der Waals surface area contributed by atoms with E-state index < -0.39 is 4.33 Å². The maximum Gasteiger partial charge on any atom is 0.169 e. The van der Waals surface area contributed by atoms with Crippen LogP contribution in [0.4, 0.5) is 0 Å². The van der Waals surface area contributed by atoms with Gasteiger partial charge in [-0.15, -0.1) is 0 Å². The number of rotatable bonds is 2. The van der Waals surface area contributed by atoms with E-state index in [4.69, 9.17) is 58.0 Å². The highest BCUT2D eigenvalue weighted by Crippen LogP contribution is 2.44. The Bertz CT molecular complexity index is 560. The van der Waals surface area contributed by atoms with Gasteiger partial charge in [-0.05, 0) is 35.9 Å². The number of benzene rings is 2. The van der Waals surface area contributed by atoms with Gasteiger partial charge in [0.2, 0.25) is 0 Å². The van der Waals surface area contributed by atoms with Crippen molar-refractivity contribution < 1.29 is 0 Å². The van der Waals surface area contributed by atoms with Gasteiger partial charge in [0, 0.05) is 20.6 Å². The molecule has 0 saturated carbocycles. The molecule has 0 aromatic heterocycles. The normalized spacial score (nSPS) is 11.6. The van der Waals surface area contributed by atoms with Crippen LogP contribution >= 0.6 is 58.0 Å². The van der Waals surface area contributed by atoms with E-state index in [-0.39, 0.29) is 0 Å². The second kappa shape index (κ2) is 5.48. The van der Waals surface area contributed by atoms with Crippen molar-refractivity contribution in [2.75, 3.05) is 0 Å². The Hall–Kier alpha value is -0.110. The molecule has 0 aliphatic rings. The molecule has 94 valence electrons. The monoisotopic (exact) mass is 338 g/mol. The van der Waals surface area contributed by atoms with Crippen LogP contribution in [0.25, 0.3) is 0 Å². The Morgan fingerprint density at radius 3 is 1.89 bits per heavy atom. The van der Waals surface area contributed by atoms with E-state index in [1.165, 1.54) is 0 Å². The fraction of sp³-hybridized carbons (Fsp3) is 0.0769. The molecule has 0 unspecified atom stereocenters. The molecule has 0 N–H and O–H groups in total. The molecule has 0 radical (unpaired) electrons. The second-order valence-electron chi connectivity index (χ2n) is 3.71. The van der Waals surface area contributed by atoms with Crippen molar-refractivity contribution >= 4 is 58.0 Å². The average Bonchev–Trinajstić information content (AvgIpc) is 2.32. The molecular formula is C13H7Cl5. The van der Waals surface area contributed by atoms with E-state index in [0.29, 0.717) is 26.2 Å². The molecule has 0 aliphatic heterocycles. The van der Waals surface area contributed by atoms with Crippen molar-refractivity contribution in [3.05, 3.63) is 68.7 Å². The highest BCUT2D eigenvalue weighted by molar-refractivity contribution is 6.51. The minimum Gasteiger partial charge on any atom is -0.0909 e. The highest BCUT2D eigenvalue weighted by atomic mass is 35.5. The van der Waals surface area contributed by atoms with Gasteiger partial charge in [0.15, 0.2) is 4.33 Å². The predicted molar refractivity (Wildman–Crippen MR) is 80.4 cm³/mol. The standard InChI is InChI=1S/C13H7Cl5/c14-9-3-1-8(2-4-9)13(17,18)11-7-10(15)5-6-12(11)16/h1-7H. The Morgan fingerprint density at radius 1 is 0.722 bits per heavy atom. The minimum absolute atomic E-state index is 0.458. The summed E-state index contributed by atoms with van der Waals surface area (Å²) in [6.07, 6.45) is 0. The summed E-state index contributed by atoms with van der Waals surface area (Å²) in [5, 5.41) is 1.59. The zero-order chi connectivity index (χ0) is 13.3. The van der Waals surface area contributed by atoms with Crippen molar-refractivity contribution in [2.24, 2.45) is 0 Å². The van der Waals surface area contributed by atoms with Gasteiger partial charge in [-0.25, -0.2) is 0 Å². The summed E-state index contributed by atoms with van der Waals surface area (Å²) in [7, 11) is 0. The number of hydrogen-bond donors (Lipinski definition) is 0. The van der Waals surface area contributed by atoms with Gasteiger partial charge in [-0.2, -0.15) is 0 Å². The first-order valence-electron chi connectivity index (χ1n) is 5.00. The van der Waals surface area contributed by atoms with Gasteiger partial charge in [-0.1, -0.05) is 70.1 Å². The highest BCUT2D eigenvalue weighted by Gasteiger charge is 2.31. The Kier molecular flexibility index (Phi) is 4.36. The van der Waals surface area contributed by atoms with Crippen LogP contribution in [0.3, 0.4) is 0 Å². The molecule has 0 fully saturated rings. The zero-order valence-electron chi connectivity index (χ0n) is 8.93. The van der Waals surface area contributed by atoms with E-state index in [2.05, 4.69) is 0 Å². The first kappa shape index (κ1) is 14.3. The van der Waals surface area contributed by atoms with Crippen LogP contribution < -0.4 is 0 Å². The summed E-state index contributed by atoms with van der Waals surface area (Å²) in [6, 6.07) is 11.9. The number of alkyl halides is 2. The van der Waals surface area contributed by atoms with Gasteiger partial charge in [0.25, 0.3) is 0 Å². The molecule has 5 heteroatoms. The average molecular weight is 340 g/mol. The van der Waals surface area contributed by atoms with Crippen LogP contribution in [0, 0.1) is 0 Å². The lowest BCUT2D eigenvalue weighted by molar-refractivity contribution is 1.04. The largest absolute Gasteiger partial charge is 0.169 e. The van der Waals surface area contributed by atoms with E-state index in [1.807, 2.05) is 0 Å². The van der Waals surface area contributed by atoms with Gasteiger partial charge < -0.3 is 0 Å². The maximum absolute atomic E-state index is 6.40. The predicted octanol–water partition coefficient (Wildman–Crippen LogP) is 6.33. The molecule has 18 heavy (non-hydrogen) atoms. The summed E-state index contributed by atoms with van der Waals surface area (Å²) >= 11 is 30.7. The third-order valence-corrected chi connectivity index (χ3v) is 4.13. The lowest BCUT2D eigenvalue weighted by atomic mass is 10.0. The van der Waals surface area contributed by atoms with Crippen molar-refractivity contribution in [2.45, 2.75) is 4.33 Å². The van der Waals surface area contributed by atoms with Crippen LogP contribution in [0.15, 0.2) is 42.5 Å². The first-order chi connectivity index (χ1) is 8.41. The molecule has 0 atom stereocenters. The van der Waals surface area contributed by atoms with Crippen LogP contribution in [0.2, 0.25) is 15.1 Å². The molecular weight excluding hydrogens is 333 g/mol. The van der Waals surface area contributed by atoms with Crippen LogP contribution in [0.5, 0.6) is 0 Å². The third kappa shape index (κ3) is 2.89. The van der Waals surface area contributed by atoms with Crippen LogP contribution in [-0.4, -0.2) is 0 Å². The zero-order valence-corrected chi connectivity index (χ0v) is 12.7. The maximum atomic E-state index is 6.40. The van der Waals surface area contributed by atoms with E-state index in [9.17, 15) is 0 Å². The lowest BCUT2D eigenvalue weighted by Crippen LogP contribution is -2.12. The summed E-state index contributed by atoms with van der Waals surface area (Å²) in [5.41, 5.74) is 1.22. The van der Waals surface area contributed by atoms with E-state index >= 15 is 0 Å². The summed E-state index contributed by atoms with van der Waals surface area (Å²) in [6.45, 7) is 0. The molecule has 0 spiro atoms. The fourth-order valence-electron chi connectivity index (χ4n) is 1.55. The van der Waals surface area contributed by atoms with Crippen molar-refractivity contribution in [3.8, 4) is 0 Å². The van der Waals surface area contributed by atoms with E-state index in [0.717, 1.165) is 0 Å². The summed E-state index contributed by atoms with van der Waals surface area (Å²) in [4.78, 5) is 0. The van der Waals surface area contributed by atoms with Crippen LogP contribution in [0.1, 0.15) is 11.1 Å². The molecule has 0 amide bonds. The smallest absolute Gasteiger partial charge is 0.0909 e. The Labute approximate surface area is 130 Å². The molecule has 0 saturated heterocycles. The Morgan fingerprint density at radius 2 is 1.28 bits per heavy atom. The van der Waals surface area contributed by atoms with E-state index in [1.54, 1.807) is 42.5 Å². The lowest BCUT2D eigenvalue weighted by Gasteiger charge is -2.22. The first-order valence-corrected chi connectivity index (χ1v) is 6.89. The Balaban J connectivity index is 2.53. The van der Waals surface area contributed by atoms with Gasteiger partial charge in [0.1, 0.15) is 0 Å². The number of hydrogen-bond acceptors (Lipinski definition) is 0. The molecule has 2 aromatic rings. The van der Waals surface area contributed by atoms with Crippen LogP contribution in [-0.2, 0) is 4.33 Å². The minimum atomic E-state index is -1.27. The quantitative estimate of drug-likeness (QED) is 0.561.